The first kappa shape index (κ1) is 16.5. The molecule has 5 heteroatoms. The Morgan fingerprint density at radius 3 is 2.30 bits per heavy atom. The van der Waals surface area contributed by atoms with E-state index >= 15 is 0 Å². The highest BCUT2D eigenvalue weighted by molar-refractivity contribution is 5.80. The minimum atomic E-state index is -0.326. The van der Waals surface area contributed by atoms with Crippen LogP contribution in [0, 0.1) is 0 Å². The van der Waals surface area contributed by atoms with Crippen LogP contribution in [0.3, 0.4) is 0 Å². The molecule has 1 unspecified atom stereocenters. The second kappa shape index (κ2) is 7.31. The van der Waals surface area contributed by atoms with Crippen molar-refractivity contribution >= 4 is 11.6 Å². The van der Waals surface area contributed by atoms with Crippen molar-refractivity contribution in [2.24, 2.45) is 0 Å². The van der Waals surface area contributed by atoms with Crippen molar-refractivity contribution in [1.29, 1.82) is 0 Å². The quantitative estimate of drug-likeness (QED) is 0.805. The van der Waals surface area contributed by atoms with Gasteiger partial charge in [0.2, 0.25) is 5.91 Å². The third-order valence-corrected chi connectivity index (χ3v) is 3.87. The maximum Gasteiger partial charge on any atom is 0.244 e. The SMILES string of the molecule is CCc1nn(C(C)C(=O)NC(CC)CC)c(CC)c1N. The molecule has 20 heavy (non-hydrogen) atoms. The lowest BCUT2D eigenvalue weighted by Crippen LogP contribution is -2.39. The van der Waals surface area contributed by atoms with E-state index in [4.69, 9.17) is 5.73 Å². The molecule has 1 atom stereocenters. The van der Waals surface area contributed by atoms with E-state index in [1.165, 1.54) is 0 Å². The Hall–Kier alpha value is -1.52. The third kappa shape index (κ3) is 3.32. The van der Waals surface area contributed by atoms with Crippen molar-refractivity contribution in [1.82, 2.24) is 15.1 Å². The second-order valence-corrected chi connectivity index (χ2v) is 5.16. The standard InChI is InChI=1S/C15H28N4O/c1-6-11(7-2)17-15(20)10(5)19-13(9-4)14(16)12(8-3)18-19/h10-11H,6-9,16H2,1-5H3,(H,17,20). The minimum absolute atomic E-state index is 0.0125. The van der Waals surface area contributed by atoms with Crippen LogP contribution < -0.4 is 11.1 Å². The molecule has 0 spiro atoms. The lowest BCUT2D eigenvalue weighted by molar-refractivity contribution is -0.125. The zero-order valence-electron chi connectivity index (χ0n) is 13.4. The fraction of sp³-hybridized carbons (Fsp3) is 0.733. The van der Waals surface area contributed by atoms with Crippen LogP contribution in [0.25, 0.3) is 0 Å². The van der Waals surface area contributed by atoms with Crippen LogP contribution in [0.5, 0.6) is 0 Å². The van der Waals surface area contributed by atoms with E-state index in [1.54, 1.807) is 4.68 Å². The Labute approximate surface area is 121 Å². The van der Waals surface area contributed by atoms with Crippen LogP contribution in [-0.2, 0) is 17.6 Å². The van der Waals surface area contributed by atoms with Crippen molar-refractivity contribution in [3.05, 3.63) is 11.4 Å². The zero-order chi connectivity index (χ0) is 15.3. The number of aromatic nitrogens is 2. The van der Waals surface area contributed by atoms with Gasteiger partial charge in [0.05, 0.1) is 17.1 Å². The van der Waals surface area contributed by atoms with E-state index in [0.29, 0.717) is 0 Å². The highest BCUT2D eigenvalue weighted by Gasteiger charge is 2.23. The number of nitrogens with zero attached hydrogens (tertiary/aromatic N) is 2. The zero-order valence-corrected chi connectivity index (χ0v) is 13.4. The van der Waals surface area contributed by atoms with E-state index in [-0.39, 0.29) is 18.0 Å². The first-order chi connectivity index (χ1) is 9.49. The van der Waals surface area contributed by atoms with E-state index in [1.807, 2.05) is 20.8 Å². The van der Waals surface area contributed by atoms with Crippen molar-refractivity contribution in [3.8, 4) is 0 Å². The van der Waals surface area contributed by atoms with Gasteiger partial charge in [0.1, 0.15) is 6.04 Å². The molecule has 1 amide bonds. The van der Waals surface area contributed by atoms with Gasteiger partial charge in [-0.1, -0.05) is 27.7 Å². The molecule has 0 radical (unpaired) electrons. The van der Waals surface area contributed by atoms with Gasteiger partial charge in [0.15, 0.2) is 0 Å². The molecule has 1 rings (SSSR count). The molecular weight excluding hydrogens is 252 g/mol. The van der Waals surface area contributed by atoms with Crippen molar-refractivity contribution in [2.45, 2.75) is 72.4 Å². The van der Waals surface area contributed by atoms with Crippen LogP contribution in [-0.4, -0.2) is 21.7 Å². The van der Waals surface area contributed by atoms with Gasteiger partial charge in [-0.05, 0) is 32.6 Å². The molecular formula is C15H28N4O. The Morgan fingerprint density at radius 2 is 1.85 bits per heavy atom. The number of carbonyl (C=O) groups is 1. The highest BCUT2D eigenvalue weighted by atomic mass is 16.2. The number of nitrogen functional groups attached to an aromatic ring is 1. The van der Waals surface area contributed by atoms with Gasteiger partial charge in [-0.25, -0.2) is 0 Å². The largest absolute Gasteiger partial charge is 0.396 e. The van der Waals surface area contributed by atoms with Crippen molar-refractivity contribution in [3.63, 3.8) is 0 Å². The predicted octanol–water partition coefficient (Wildman–Crippen LogP) is 2.46. The molecule has 0 aliphatic rings. The van der Waals surface area contributed by atoms with Gasteiger partial charge in [0.25, 0.3) is 0 Å². The van der Waals surface area contributed by atoms with E-state index < -0.39 is 0 Å². The van der Waals surface area contributed by atoms with Gasteiger partial charge in [-0.2, -0.15) is 5.10 Å². The molecule has 3 N–H and O–H groups in total. The summed E-state index contributed by atoms with van der Waals surface area (Å²) in [4.78, 5) is 12.3. The van der Waals surface area contributed by atoms with Crippen molar-refractivity contribution < 1.29 is 4.79 Å². The second-order valence-electron chi connectivity index (χ2n) is 5.16. The molecule has 0 aliphatic carbocycles. The Morgan fingerprint density at radius 1 is 1.25 bits per heavy atom. The molecule has 1 aromatic heterocycles. The highest BCUT2D eigenvalue weighted by Crippen LogP contribution is 2.22. The molecule has 0 bridgehead atoms. The molecule has 0 saturated heterocycles. The van der Waals surface area contributed by atoms with Crippen molar-refractivity contribution in [2.75, 3.05) is 5.73 Å². The van der Waals surface area contributed by atoms with E-state index in [0.717, 1.165) is 42.8 Å². The number of anilines is 1. The fourth-order valence-electron chi connectivity index (χ4n) is 2.39. The minimum Gasteiger partial charge on any atom is -0.396 e. The lowest BCUT2D eigenvalue weighted by atomic mass is 10.1. The molecule has 1 aromatic rings. The number of hydrogen-bond donors (Lipinski definition) is 2. The van der Waals surface area contributed by atoms with Gasteiger partial charge < -0.3 is 11.1 Å². The summed E-state index contributed by atoms with van der Waals surface area (Å²) >= 11 is 0. The van der Waals surface area contributed by atoms with Gasteiger partial charge >= 0.3 is 0 Å². The summed E-state index contributed by atoms with van der Waals surface area (Å²) in [5.41, 5.74) is 8.67. The maximum absolute atomic E-state index is 12.3. The molecule has 0 saturated carbocycles. The summed E-state index contributed by atoms with van der Waals surface area (Å²) in [5, 5.41) is 7.58. The molecule has 0 aliphatic heterocycles. The summed E-state index contributed by atoms with van der Waals surface area (Å²) in [7, 11) is 0. The Kier molecular flexibility index (Phi) is 6.05. The Balaban J connectivity index is 2.96. The van der Waals surface area contributed by atoms with Crippen LogP contribution >= 0.6 is 0 Å². The fourth-order valence-corrected chi connectivity index (χ4v) is 2.39. The topological polar surface area (TPSA) is 72.9 Å². The number of nitrogens with one attached hydrogen (secondary N) is 1. The summed E-state index contributed by atoms with van der Waals surface area (Å²) in [6.45, 7) is 10.1. The predicted molar refractivity (Wildman–Crippen MR) is 82.6 cm³/mol. The van der Waals surface area contributed by atoms with E-state index in [9.17, 15) is 4.79 Å². The number of carbonyl (C=O) groups excluding carboxylic acids is 1. The summed E-state index contributed by atoms with van der Waals surface area (Å²) < 4.78 is 1.78. The first-order valence-corrected chi connectivity index (χ1v) is 7.65. The average molecular weight is 280 g/mol. The number of aryl methyl sites for hydroxylation is 1. The average Bonchev–Trinajstić information content (AvgIpc) is 2.79. The maximum atomic E-state index is 12.3. The van der Waals surface area contributed by atoms with Gasteiger partial charge in [-0.15, -0.1) is 0 Å². The van der Waals surface area contributed by atoms with Crippen LogP contribution in [0.2, 0.25) is 0 Å². The molecule has 0 aromatic carbocycles. The molecule has 0 fully saturated rings. The number of hydrogen-bond acceptors (Lipinski definition) is 3. The Bertz CT molecular complexity index is 449. The number of rotatable bonds is 7. The molecule has 5 nitrogen and oxygen atoms in total. The van der Waals surface area contributed by atoms with Crippen LogP contribution in [0.1, 0.15) is 64.9 Å². The smallest absolute Gasteiger partial charge is 0.244 e. The summed E-state index contributed by atoms with van der Waals surface area (Å²) in [6.07, 6.45) is 3.45. The number of nitrogens with two attached hydrogens (primary N) is 1. The summed E-state index contributed by atoms with van der Waals surface area (Å²) in [5.74, 6) is 0.0125. The lowest BCUT2D eigenvalue weighted by Gasteiger charge is -2.20. The summed E-state index contributed by atoms with van der Waals surface area (Å²) in [6, 6.07) is -0.0956. The van der Waals surface area contributed by atoms with Gasteiger partial charge in [-0.3, -0.25) is 9.48 Å². The van der Waals surface area contributed by atoms with Crippen LogP contribution in [0.15, 0.2) is 0 Å². The number of amides is 1. The normalized spacial score (nSPS) is 12.7. The molecule has 114 valence electrons. The monoisotopic (exact) mass is 280 g/mol. The van der Waals surface area contributed by atoms with Gasteiger partial charge in [0, 0.05) is 6.04 Å². The first-order valence-electron chi connectivity index (χ1n) is 7.65. The van der Waals surface area contributed by atoms with Crippen LogP contribution in [0.4, 0.5) is 5.69 Å². The molecule has 1 heterocycles. The van der Waals surface area contributed by atoms with E-state index in [2.05, 4.69) is 24.3 Å². The third-order valence-electron chi connectivity index (χ3n) is 3.87.